The van der Waals surface area contributed by atoms with Gasteiger partial charge in [0, 0.05) is 10.9 Å². The summed E-state index contributed by atoms with van der Waals surface area (Å²) in [7, 11) is 0. The molecule has 0 unspecified atom stereocenters. The maximum atomic E-state index is 10.7. The van der Waals surface area contributed by atoms with Crippen molar-refractivity contribution in [3.05, 3.63) is 20.3 Å². The molecule has 10 heavy (non-hydrogen) atoms. The van der Waals surface area contributed by atoms with E-state index in [1.165, 1.54) is 18.3 Å². The van der Waals surface area contributed by atoms with Gasteiger partial charge in [-0.2, -0.15) is 0 Å². The highest BCUT2D eigenvalue weighted by atomic mass is 35.5. The van der Waals surface area contributed by atoms with E-state index in [-0.39, 0.29) is 5.78 Å². The minimum Gasteiger partial charge on any atom is -0.294 e. The van der Waals surface area contributed by atoms with Crippen LogP contribution < -0.4 is 0 Å². The molecule has 1 aromatic heterocycles. The standard InChI is InChI=1S/C6H4Cl2OS/c1-3(9)4-2-10-6(8)5(4)7/h2H,1H3. The van der Waals surface area contributed by atoms with Crippen molar-refractivity contribution in [2.45, 2.75) is 6.92 Å². The van der Waals surface area contributed by atoms with Crippen LogP contribution in [0, 0.1) is 0 Å². The van der Waals surface area contributed by atoms with Crippen molar-refractivity contribution in [2.24, 2.45) is 0 Å². The van der Waals surface area contributed by atoms with Crippen molar-refractivity contribution in [3.8, 4) is 0 Å². The number of ketones is 1. The number of hydrogen-bond acceptors (Lipinski definition) is 2. The molecule has 1 aromatic rings. The fourth-order valence-electron chi connectivity index (χ4n) is 0.558. The third kappa shape index (κ3) is 1.34. The topological polar surface area (TPSA) is 17.1 Å². The van der Waals surface area contributed by atoms with Crippen molar-refractivity contribution in [3.63, 3.8) is 0 Å². The largest absolute Gasteiger partial charge is 0.294 e. The third-order valence-electron chi connectivity index (χ3n) is 1.07. The first-order valence-electron chi connectivity index (χ1n) is 2.56. The van der Waals surface area contributed by atoms with E-state index in [1.807, 2.05) is 0 Å². The molecule has 4 heteroatoms. The highest BCUT2D eigenvalue weighted by Crippen LogP contribution is 2.32. The average molecular weight is 195 g/mol. The Balaban J connectivity index is 3.17. The molecule has 0 saturated heterocycles. The van der Waals surface area contributed by atoms with E-state index in [4.69, 9.17) is 23.2 Å². The summed E-state index contributed by atoms with van der Waals surface area (Å²) in [4.78, 5) is 10.7. The maximum absolute atomic E-state index is 10.7. The molecule has 1 rings (SSSR count). The van der Waals surface area contributed by atoms with Gasteiger partial charge in [0.15, 0.2) is 5.78 Å². The van der Waals surface area contributed by atoms with Crippen LogP contribution in [-0.2, 0) is 0 Å². The Morgan fingerprint density at radius 1 is 1.60 bits per heavy atom. The van der Waals surface area contributed by atoms with Gasteiger partial charge in [-0.25, -0.2) is 0 Å². The van der Waals surface area contributed by atoms with Gasteiger partial charge in [-0.15, -0.1) is 11.3 Å². The zero-order valence-corrected chi connectivity index (χ0v) is 7.48. The molecule has 0 bridgehead atoms. The van der Waals surface area contributed by atoms with Crippen LogP contribution in [0.25, 0.3) is 0 Å². The normalized spacial score (nSPS) is 9.90. The number of hydrogen-bond donors (Lipinski definition) is 0. The molecule has 0 saturated carbocycles. The van der Waals surface area contributed by atoms with Gasteiger partial charge in [-0.3, -0.25) is 4.79 Å². The number of rotatable bonds is 1. The lowest BCUT2D eigenvalue weighted by molar-refractivity contribution is 0.101. The molecule has 0 N–H and O–H groups in total. The molecule has 54 valence electrons. The van der Waals surface area contributed by atoms with Gasteiger partial charge >= 0.3 is 0 Å². The van der Waals surface area contributed by atoms with Gasteiger partial charge in [0.05, 0.1) is 5.02 Å². The van der Waals surface area contributed by atoms with Crippen LogP contribution in [0.4, 0.5) is 0 Å². The molecule has 0 aliphatic heterocycles. The second-order valence-electron chi connectivity index (χ2n) is 1.79. The number of thiophene rings is 1. The van der Waals surface area contributed by atoms with E-state index >= 15 is 0 Å². The van der Waals surface area contributed by atoms with Gasteiger partial charge in [0.1, 0.15) is 4.34 Å². The molecule has 0 aromatic carbocycles. The summed E-state index contributed by atoms with van der Waals surface area (Å²) >= 11 is 12.5. The summed E-state index contributed by atoms with van der Waals surface area (Å²) in [5, 5.41) is 2.03. The van der Waals surface area contributed by atoms with Crippen molar-refractivity contribution in [2.75, 3.05) is 0 Å². The quantitative estimate of drug-likeness (QED) is 0.628. The van der Waals surface area contributed by atoms with Crippen molar-refractivity contribution in [1.82, 2.24) is 0 Å². The van der Waals surface area contributed by atoms with Gasteiger partial charge in [-0.05, 0) is 6.92 Å². The van der Waals surface area contributed by atoms with Crippen LogP contribution in [0.5, 0.6) is 0 Å². The first-order chi connectivity index (χ1) is 4.63. The van der Waals surface area contributed by atoms with Gasteiger partial charge in [0.25, 0.3) is 0 Å². The Labute approximate surface area is 72.6 Å². The predicted molar refractivity (Wildman–Crippen MR) is 44.3 cm³/mol. The van der Waals surface area contributed by atoms with Crippen molar-refractivity contribution in [1.29, 1.82) is 0 Å². The molecular formula is C6H4Cl2OS. The monoisotopic (exact) mass is 194 g/mol. The van der Waals surface area contributed by atoms with Crippen LogP contribution in [0.3, 0.4) is 0 Å². The third-order valence-corrected chi connectivity index (χ3v) is 2.89. The summed E-state index contributed by atoms with van der Waals surface area (Å²) in [5.41, 5.74) is 0.511. The van der Waals surface area contributed by atoms with E-state index < -0.39 is 0 Å². The van der Waals surface area contributed by atoms with Crippen LogP contribution >= 0.6 is 34.5 Å². The summed E-state index contributed by atoms with van der Waals surface area (Å²) in [5.74, 6) is -0.0480. The molecule has 1 nitrogen and oxygen atoms in total. The molecule has 0 radical (unpaired) electrons. The van der Waals surface area contributed by atoms with Crippen molar-refractivity contribution >= 4 is 40.3 Å². The Bertz CT molecular complexity index is 267. The van der Waals surface area contributed by atoms with E-state index in [0.29, 0.717) is 14.9 Å². The Hall–Kier alpha value is -0.0500. The molecule has 0 aliphatic carbocycles. The maximum Gasteiger partial charge on any atom is 0.162 e. The Morgan fingerprint density at radius 2 is 2.20 bits per heavy atom. The summed E-state index contributed by atoms with van der Waals surface area (Å²) < 4.78 is 0.479. The lowest BCUT2D eigenvalue weighted by atomic mass is 10.2. The smallest absolute Gasteiger partial charge is 0.162 e. The van der Waals surface area contributed by atoms with E-state index in [0.717, 1.165) is 0 Å². The van der Waals surface area contributed by atoms with Crippen molar-refractivity contribution < 1.29 is 4.79 Å². The lowest BCUT2D eigenvalue weighted by Gasteiger charge is -1.87. The molecular weight excluding hydrogens is 191 g/mol. The van der Waals surface area contributed by atoms with Gasteiger partial charge in [0.2, 0.25) is 0 Å². The van der Waals surface area contributed by atoms with Gasteiger partial charge in [-0.1, -0.05) is 23.2 Å². The molecule has 0 fully saturated rings. The SMILES string of the molecule is CC(=O)c1csc(Cl)c1Cl. The fraction of sp³-hybridized carbons (Fsp3) is 0.167. The fourth-order valence-corrected chi connectivity index (χ4v) is 1.90. The van der Waals surface area contributed by atoms with Gasteiger partial charge < -0.3 is 0 Å². The van der Waals surface area contributed by atoms with E-state index in [9.17, 15) is 4.79 Å². The van der Waals surface area contributed by atoms with Crippen LogP contribution in [-0.4, -0.2) is 5.78 Å². The number of carbonyl (C=O) groups is 1. The molecule has 0 amide bonds. The lowest BCUT2D eigenvalue weighted by Crippen LogP contribution is -1.87. The van der Waals surface area contributed by atoms with Crippen LogP contribution in [0.15, 0.2) is 5.38 Å². The first-order valence-corrected chi connectivity index (χ1v) is 4.20. The highest BCUT2D eigenvalue weighted by Gasteiger charge is 2.10. The zero-order valence-electron chi connectivity index (χ0n) is 5.15. The first kappa shape index (κ1) is 8.05. The number of carbonyl (C=O) groups excluding carboxylic acids is 1. The Kier molecular flexibility index (Phi) is 2.34. The second-order valence-corrected chi connectivity index (χ2v) is 3.65. The van der Waals surface area contributed by atoms with Crippen LogP contribution in [0.1, 0.15) is 17.3 Å². The number of halogens is 2. The molecule has 0 spiro atoms. The minimum atomic E-state index is -0.0480. The summed E-state index contributed by atoms with van der Waals surface area (Å²) in [6.45, 7) is 1.46. The summed E-state index contributed by atoms with van der Waals surface area (Å²) in [6.07, 6.45) is 0. The second kappa shape index (κ2) is 2.91. The number of Topliss-reactive ketones (excluding diaryl/α,β-unsaturated/α-hetero) is 1. The van der Waals surface area contributed by atoms with Crippen LogP contribution in [0.2, 0.25) is 9.36 Å². The summed E-state index contributed by atoms with van der Waals surface area (Å²) in [6, 6.07) is 0. The van der Waals surface area contributed by atoms with E-state index in [2.05, 4.69) is 0 Å². The minimum absolute atomic E-state index is 0.0480. The highest BCUT2D eigenvalue weighted by molar-refractivity contribution is 7.15. The average Bonchev–Trinajstić information content (AvgIpc) is 2.14. The Morgan fingerprint density at radius 3 is 2.40 bits per heavy atom. The molecule has 0 atom stereocenters. The van der Waals surface area contributed by atoms with E-state index in [1.54, 1.807) is 5.38 Å². The molecule has 0 aliphatic rings. The zero-order chi connectivity index (χ0) is 7.72. The molecule has 1 heterocycles. The predicted octanol–water partition coefficient (Wildman–Crippen LogP) is 3.26.